The molecule has 27 heavy (non-hydrogen) atoms. The molecule has 3 N–H and O–H groups in total. The fourth-order valence-electron chi connectivity index (χ4n) is 2.51. The number of carbonyl (C=O) groups is 1. The summed E-state index contributed by atoms with van der Waals surface area (Å²) in [6, 6.07) is 14.4. The highest BCUT2D eigenvalue weighted by Gasteiger charge is 2.15. The van der Waals surface area contributed by atoms with E-state index in [2.05, 4.69) is 10.4 Å². The summed E-state index contributed by atoms with van der Waals surface area (Å²) in [6.07, 6.45) is 1.67. The van der Waals surface area contributed by atoms with Crippen molar-refractivity contribution in [3.05, 3.63) is 77.1 Å². The molecule has 7 nitrogen and oxygen atoms in total. The Morgan fingerprint density at radius 3 is 2.52 bits per heavy atom. The van der Waals surface area contributed by atoms with Crippen LogP contribution in [0.15, 0.2) is 65.7 Å². The SMILES string of the molecule is CC(NC(=O)c1ccn(-c2cccc(Cl)c2)n1)c1ccc(S(N)(=O)=O)cc1. The molecular weight excluding hydrogens is 388 g/mol. The van der Waals surface area contributed by atoms with E-state index in [1.807, 2.05) is 6.07 Å². The van der Waals surface area contributed by atoms with Gasteiger partial charge >= 0.3 is 0 Å². The average Bonchev–Trinajstić information content (AvgIpc) is 3.11. The molecule has 0 aliphatic carbocycles. The third kappa shape index (κ3) is 4.54. The highest BCUT2D eigenvalue weighted by atomic mass is 35.5. The number of nitrogens with two attached hydrogens (primary N) is 1. The number of hydrogen-bond acceptors (Lipinski definition) is 4. The average molecular weight is 405 g/mol. The zero-order chi connectivity index (χ0) is 19.6. The summed E-state index contributed by atoms with van der Waals surface area (Å²) in [7, 11) is -3.75. The van der Waals surface area contributed by atoms with Crippen LogP contribution in [0.25, 0.3) is 5.69 Å². The van der Waals surface area contributed by atoms with Crippen LogP contribution in [0.2, 0.25) is 5.02 Å². The molecule has 3 rings (SSSR count). The molecule has 0 aliphatic heterocycles. The molecule has 0 saturated heterocycles. The van der Waals surface area contributed by atoms with Gasteiger partial charge in [-0.05, 0) is 48.9 Å². The Kier molecular flexibility index (Phi) is 5.31. The minimum Gasteiger partial charge on any atom is -0.344 e. The van der Waals surface area contributed by atoms with Gasteiger partial charge in [-0.1, -0.05) is 29.8 Å². The van der Waals surface area contributed by atoms with Crippen molar-refractivity contribution in [2.24, 2.45) is 5.14 Å². The Morgan fingerprint density at radius 2 is 1.89 bits per heavy atom. The van der Waals surface area contributed by atoms with Crippen molar-refractivity contribution in [1.29, 1.82) is 0 Å². The Labute approximate surface area is 161 Å². The standard InChI is InChI=1S/C18H17ClN4O3S/c1-12(13-5-7-16(8-6-13)27(20,25)26)21-18(24)17-9-10-23(22-17)15-4-2-3-14(19)11-15/h2-12H,1H3,(H,21,24)(H2,20,25,26). The molecule has 3 aromatic rings. The molecule has 1 heterocycles. The molecule has 1 aromatic heterocycles. The van der Waals surface area contributed by atoms with E-state index in [1.165, 1.54) is 12.1 Å². The minimum atomic E-state index is -3.75. The second-order valence-electron chi connectivity index (χ2n) is 5.93. The summed E-state index contributed by atoms with van der Waals surface area (Å²) < 4.78 is 24.2. The fourth-order valence-corrected chi connectivity index (χ4v) is 3.21. The molecule has 140 valence electrons. The van der Waals surface area contributed by atoms with Crippen molar-refractivity contribution in [3.63, 3.8) is 0 Å². The van der Waals surface area contributed by atoms with Crippen molar-refractivity contribution >= 4 is 27.5 Å². The second-order valence-corrected chi connectivity index (χ2v) is 7.93. The Hall–Kier alpha value is -2.68. The molecular formula is C18H17ClN4O3S. The van der Waals surface area contributed by atoms with Gasteiger partial charge in [-0.2, -0.15) is 5.10 Å². The predicted octanol–water partition coefficient (Wildman–Crippen LogP) is 2.66. The zero-order valence-electron chi connectivity index (χ0n) is 14.3. The summed E-state index contributed by atoms with van der Waals surface area (Å²) in [5, 5.41) is 12.7. The lowest BCUT2D eigenvalue weighted by Gasteiger charge is -2.13. The molecule has 1 unspecified atom stereocenters. The first-order valence-corrected chi connectivity index (χ1v) is 9.92. The Balaban J connectivity index is 1.72. The third-order valence-electron chi connectivity index (χ3n) is 3.95. The van der Waals surface area contributed by atoms with Gasteiger partial charge in [0.25, 0.3) is 5.91 Å². The van der Waals surface area contributed by atoms with E-state index < -0.39 is 10.0 Å². The van der Waals surface area contributed by atoms with Gasteiger partial charge in [0.15, 0.2) is 5.69 Å². The van der Waals surface area contributed by atoms with E-state index >= 15 is 0 Å². The maximum Gasteiger partial charge on any atom is 0.272 e. The molecule has 9 heteroatoms. The number of rotatable bonds is 5. The molecule has 0 spiro atoms. The lowest BCUT2D eigenvalue weighted by atomic mass is 10.1. The van der Waals surface area contributed by atoms with Gasteiger partial charge in [-0.15, -0.1) is 0 Å². The van der Waals surface area contributed by atoms with Gasteiger partial charge in [0.2, 0.25) is 10.0 Å². The first-order valence-electron chi connectivity index (χ1n) is 7.99. The number of carbonyl (C=O) groups excluding carboxylic acids is 1. The summed E-state index contributed by atoms with van der Waals surface area (Å²) in [4.78, 5) is 12.5. The van der Waals surface area contributed by atoms with Crippen LogP contribution in [-0.2, 0) is 10.0 Å². The summed E-state index contributed by atoms with van der Waals surface area (Å²) in [5.74, 6) is -0.348. The van der Waals surface area contributed by atoms with Crippen LogP contribution in [0.5, 0.6) is 0 Å². The molecule has 0 aliphatic rings. The summed E-state index contributed by atoms with van der Waals surface area (Å²) >= 11 is 5.97. The number of primary sulfonamides is 1. The topological polar surface area (TPSA) is 107 Å². The first kappa shape index (κ1) is 19.1. The molecule has 1 atom stereocenters. The van der Waals surface area contributed by atoms with Crippen molar-refractivity contribution in [3.8, 4) is 5.69 Å². The van der Waals surface area contributed by atoms with E-state index in [-0.39, 0.29) is 22.5 Å². The van der Waals surface area contributed by atoms with Crippen molar-refractivity contribution in [1.82, 2.24) is 15.1 Å². The van der Waals surface area contributed by atoms with Crippen LogP contribution < -0.4 is 10.5 Å². The van der Waals surface area contributed by atoms with E-state index in [4.69, 9.17) is 16.7 Å². The lowest BCUT2D eigenvalue weighted by Crippen LogP contribution is -2.27. The Morgan fingerprint density at radius 1 is 1.19 bits per heavy atom. The molecule has 0 saturated carbocycles. The van der Waals surface area contributed by atoms with Crippen LogP contribution in [0.1, 0.15) is 29.0 Å². The van der Waals surface area contributed by atoms with Crippen LogP contribution >= 0.6 is 11.6 Å². The van der Waals surface area contributed by atoms with E-state index in [0.29, 0.717) is 5.02 Å². The lowest BCUT2D eigenvalue weighted by molar-refractivity contribution is 0.0934. The van der Waals surface area contributed by atoms with Gasteiger partial charge in [0.05, 0.1) is 16.6 Å². The number of nitrogens with one attached hydrogen (secondary N) is 1. The minimum absolute atomic E-state index is 0.0186. The van der Waals surface area contributed by atoms with E-state index in [0.717, 1.165) is 11.3 Å². The normalized spacial score (nSPS) is 12.6. The third-order valence-corrected chi connectivity index (χ3v) is 5.12. The predicted molar refractivity (Wildman–Crippen MR) is 102 cm³/mol. The van der Waals surface area contributed by atoms with Gasteiger partial charge in [0, 0.05) is 11.2 Å². The maximum atomic E-state index is 12.4. The zero-order valence-corrected chi connectivity index (χ0v) is 15.9. The largest absolute Gasteiger partial charge is 0.344 e. The smallest absolute Gasteiger partial charge is 0.272 e. The summed E-state index contributed by atoms with van der Waals surface area (Å²) in [6.45, 7) is 1.79. The highest BCUT2D eigenvalue weighted by Crippen LogP contribution is 2.17. The number of amides is 1. The van der Waals surface area contributed by atoms with Crippen LogP contribution in [-0.4, -0.2) is 24.1 Å². The van der Waals surface area contributed by atoms with E-state index in [9.17, 15) is 13.2 Å². The maximum absolute atomic E-state index is 12.4. The van der Waals surface area contributed by atoms with Crippen molar-refractivity contribution in [2.75, 3.05) is 0 Å². The molecule has 1 amide bonds. The second kappa shape index (κ2) is 7.51. The molecule has 0 radical (unpaired) electrons. The fraction of sp³-hybridized carbons (Fsp3) is 0.111. The number of nitrogens with zero attached hydrogens (tertiary/aromatic N) is 2. The van der Waals surface area contributed by atoms with Gasteiger partial charge in [-0.3, -0.25) is 4.79 Å². The number of aromatic nitrogens is 2. The quantitative estimate of drug-likeness (QED) is 0.681. The number of hydrogen-bond donors (Lipinski definition) is 2. The van der Waals surface area contributed by atoms with Crippen LogP contribution in [0.3, 0.4) is 0 Å². The highest BCUT2D eigenvalue weighted by molar-refractivity contribution is 7.89. The van der Waals surface area contributed by atoms with Crippen LogP contribution in [0, 0.1) is 0 Å². The first-order chi connectivity index (χ1) is 12.7. The van der Waals surface area contributed by atoms with Crippen molar-refractivity contribution < 1.29 is 13.2 Å². The molecule has 0 bridgehead atoms. The monoisotopic (exact) mass is 404 g/mol. The van der Waals surface area contributed by atoms with Gasteiger partial charge in [-0.25, -0.2) is 18.2 Å². The number of benzene rings is 2. The van der Waals surface area contributed by atoms with Gasteiger partial charge < -0.3 is 5.32 Å². The molecule has 0 fully saturated rings. The molecule has 2 aromatic carbocycles. The Bertz CT molecular complexity index is 1080. The van der Waals surface area contributed by atoms with Crippen LogP contribution in [0.4, 0.5) is 0 Å². The van der Waals surface area contributed by atoms with Crippen molar-refractivity contribution in [2.45, 2.75) is 17.9 Å². The van der Waals surface area contributed by atoms with Gasteiger partial charge in [0.1, 0.15) is 0 Å². The number of halogens is 1. The number of sulfonamides is 1. The van der Waals surface area contributed by atoms with E-state index in [1.54, 1.807) is 54.2 Å². The summed E-state index contributed by atoms with van der Waals surface area (Å²) in [5.41, 5.74) is 1.74.